The molecule has 7 nitrogen and oxygen atoms in total. The van der Waals surface area contributed by atoms with E-state index in [0.29, 0.717) is 27.8 Å². The molecule has 0 saturated carbocycles. The van der Waals surface area contributed by atoms with Crippen molar-refractivity contribution in [2.24, 2.45) is 7.05 Å². The van der Waals surface area contributed by atoms with Gasteiger partial charge in [-0.1, -0.05) is 18.8 Å². The van der Waals surface area contributed by atoms with Crippen LogP contribution in [0.15, 0.2) is 48.0 Å². The Kier molecular flexibility index (Phi) is 5.82. The normalized spacial score (nSPS) is 10.4. The highest BCUT2D eigenvalue weighted by atomic mass is 32.1. The maximum atomic E-state index is 13.2. The summed E-state index contributed by atoms with van der Waals surface area (Å²) in [5, 5.41) is 13.4. The molecule has 0 atom stereocenters. The number of carbonyl (C=O) groups excluding carboxylic acids is 1. The van der Waals surface area contributed by atoms with Crippen LogP contribution in [-0.4, -0.2) is 30.9 Å². The van der Waals surface area contributed by atoms with Crippen LogP contribution in [0, 0.1) is 17.7 Å². The van der Waals surface area contributed by atoms with E-state index in [0.717, 1.165) is 12.0 Å². The van der Waals surface area contributed by atoms with E-state index in [4.69, 9.17) is 0 Å². The fourth-order valence-corrected chi connectivity index (χ4v) is 3.48. The predicted octanol–water partition coefficient (Wildman–Crippen LogP) is 4.15. The lowest BCUT2D eigenvalue weighted by Crippen LogP contribution is -2.14. The summed E-state index contributed by atoms with van der Waals surface area (Å²) in [6.45, 7) is 1.99. The summed E-state index contributed by atoms with van der Waals surface area (Å²) in [6, 6.07) is 9.46. The van der Waals surface area contributed by atoms with E-state index < -0.39 is 5.91 Å². The molecule has 0 saturated heterocycles. The number of thiazole rings is 1. The Bertz CT molecular complexity index is 1280. The third-order valence-corrected chi connectivity index (χ3v) is 4.96. The van der Waals surface area contributed by atoms with Crippen LogP contribution in [0.3, 0.4) is 0 Å². The number of pyridine rings is 1. The fraction of sp³-hybridized carbons (Fsp3) is 0.136. The van der Waals surface area contributed by atoms with E-state index in [2.05, 4.69) is 37.3 Å². The molecule has 154 valence electrons. The summed E-state index contributed by atoms with van der Waals surface area (Å²) < 4.78 is 13.2. The molecular formula is C22H17FN6OS. The lowest BCUT2D eigenvalue weighted by Gasteiger charge is -2.01. The zero-order valence-electron chi connectivity index (χ0n) is 16.8. The summed E-state index contributed by atoms with van der Waals surface area (Å²) >= 11 is 1.28. The molecule has 1 N–H and O–H groups in total. The maximum absolute atomic E-state index is 13.2. The van der Waals surface area contributed by atoms with Gasteiger partial charge in [0.25, 0.3) is 5.91 Å². The second kappa shape index (κ2) is 8.85. The lowest BCUT2D eigenvalue weighted by molar-refractivity contribution is 0.102. The Hall–Kier alpha value is -3.90. The van der Waals surface area contributed by atoms with Gasteiger partial charge in [-0.15, -0.1) is 16.4 Å². The first-order valence-electron chi connectivity index (χ1n) is 9.43. The van der Waals surface area contributed by atoms with Crippen molar-refractivity contribution in [2.75, 3.05) is 5.32 Å². The molecule has 3 aromatic heterocycles. The van der Waals surface area contributed by atoms with Gasteiger partial charge in [-0.3, -0.25) is 15.1 Å². The average molecular weight is 432 g/mol. The standard InChI is InChI=1S/C22H17FN6OS/c1-3-4-5-14-6-11-17(24-12-14)18-13-31-22(25-18)26-21(30)20-19(27-29(2)28-20)15-7-9-16(23)10-8-15/h6-13H,3H2,1-2H3,(H,25,26,30). The second-order valence-electron chi connectivity index (χ2n) is 6.47. The van der Waals surface area contributed by atoms with Crippen molar-refractivity contribution in [3.8, 4) is 34.5 Å². The summed E-state index contributed by atoms with van der Waals surface area (Å²) in [6.07, 6.45) is 2.48. The molecular weight excluding hydrogens is 415 g/mol. The van der Waals surface area contributed by atoms with Crippen LogP contribution >= 0.6 is 11.3 Å². The number of carbonyl (C=O) groups is 1. The van der Waals surface area contributed by atoms with Crippen LogP contribution in [0.2, 0.25) is 0 Å². The molecule has 9 heteroatoms. The summed E-state index contributed by atoms with van der Waals surface area (Å²) in [4.78, 5) is 22.9. The zero-order valence-corrected chi connectivity index (χ0v) is 17.6. The average Bonchev–Trinajstić information content (AvgIpc) is 3.40. The first-order chi connectivity index (χ1) is 15.0. The monoisotopic (exact) mass is 432 g/mol. The van der Waals surface area contributed by atoms with Gasteiger partial charge in [0, 0.05) is 36.2 Å². The molecule has 31 heavy (non-hydrogen) atoms. The van der Waals surface area contributed by atoms with Gasteiger partial charge < -0.3 is 0 Å². The van der Waals surface area contributed by atoms with Crippen LogP contribution in [0.25, 0.3) is 22.6 Å². The molecule has 0 aliphatic carbocycles. The zero-order chi connectivity index (χ0) is 21.8. The predicted molar refractivity (Wildman–Crippen MR) is 117 cm³/mol. The van der Waals surface area contributed by atoms with E-state index in [9.17, 15) is 9.18 Å². The summed E-state index contributed by atoms with van der Waals surface area (Å²) in [7, 11) is 1.62. The molecule has 0 bridgehead atoms. The van der Waals surface area contributed by atoms with E-state index in [-0.39, 0.29) is 11.5 Å². The van der Waals surface area contributed by atoms with Gasteiger partial charge in [0.05, 0.1) is 5.69 Å². The third-order valence-electron chi connectivity index (χ3n) is 4.21. The molecule has 0 fully saturated rings. The van der Waals surface area contributed by atoms with Crippen LogP contribution in [0.5, 0.6) is 0 Å². The van der Waals surface area contributed by atoms with Crippen LogP contribution in [0.1, 0.15) is 29.4 Å². The van der Waals surface area contributed by atoms with Gasteiger partial charge in [-0.2, -0.15) is 9.90 Å². The van der Waals surface area contributed by atoms with Gasteiger partial charge in [0.15, 0.2) is 10.8 Å². The number of aryl methyl sites for hydroxylation is 1. The van der Waals surface area contributed by atoms with Crippen LogP contribution in [0.4, 0.5) is 9.52 Å². The van der Waals surface area contributed by atoms with Crippen molar-refractivity contribution in [1.29, 1.82) is 0 Å². The minimum Gasteiger partial charge on any atom is -0.296 e. The summed E-state index contributed by atoms with van der Waals surface area (Å²) in [5.74, 6) is 5.21. The van der Waals surface area contributed by atoms with Gasteiger partial charge >= 0.3 is 0 Å². The largest absolute Gasteiger partial charge is 0.296 e. The molecule has 0 aliphatic rings. The first-order valence-corrected chi connectivity index (χ1v) is 10.3. The maximum Gasteiger partial charge on any atom is 0.280 e. The molecule has 1 aromatic carbocycles. The molecule has 0 aliphatic heterocycles. The number of aromatic nitrogens is 5. The van der Waals surface area contributed by atoms with Crippen molar-refractivity contribution in [3.05, 3.63) is 65.0 Å². The van der Waals surface area contributed by atoms with E-state index in [1.807, 2.05) is 24.4 Å². The molecule has 3 heterocycles. The Morgan fingerprint density at radius 1 is 1.16 bits per heavy atom. The Morgan fingerprint density at radius 2 is 1.97 bits per heavy atom. The van der Waals surface area contributed by atoms with Gasteiger partial charge in [-0.25, -0.2) is 9.37 Å². The van der Waals surface area contributed by atoms with Crippen LogP contribution < -0.4 is 5.32 Å². The number of nitrogens with zero attached hydrogens (tertiary/aromatic N) is 5. The van der Waals surface area contributed by atoms with Crippen molar-refractivity contribution in [2.45, 2.75) is 13.3 Å². The fourth-order valence-electron chi connectivity index (χ4n) is 2.78. The van der Waals surface area contributed by atoms with Crippen molar-refractivity contribution >= 4 is 22.4 Å². The topological polar surface area (TPSA) is 85.6 Å². The number of rotatable bonds is 4. The number of amides is 1. The van der Waals surface area contributed by atoms with Gasteiger partial charge in [0.2, 0.25) is 0 Å². The van der Waals surface area contributed by atoms with Crippen molar-refractivity contribution < 1.29 is 9.18 Å². The highest BCUT2D eigenvalue weighted by Crippen LogP contribution is 2.25. The highest BCUT2D eigenvalue weighted by molar-refractivity contribution is 7.14. The van der Waals surface area contributed by atoms with E-state index in [1.54, 1.807) is 25.4 Å². The Labute approximate surface area is 182 Å². The lowest BCUT2D eigenvalue weighted by atomic mass is 10.1. The molecule has 4 aromatic rings. The summed E-state index contributed by atoms with van der Waals surface area (Å²) in [5.41, 5.74) is 3.25. The molecule has 4 rings (SSSR count). The third kappa shape index (κ3) is 4.65. The molecule has 1 amide bonds. The Balaban J connectivity index is 1.53. The van der Waals surface area contributed by atoms with Crippen LogP contribution in [-0.2, 0) is 7.05 Å². The highest BCUT2D eigenvalue weighted by Gasteiger charge is 2.20. The number of nitrogens with one attached hydrogen (secondary N) is 1. The molecule has 0 unspecified atom stereocenters. The number of benzene rings is 1. The second-order valence-corrected chi connectivity index (χ2v) is 7.33. The van der Waals surface area contributed by atoms with E-state index >= 15 is 0 Å². The quantitative estimate of drug-likeness (QED) is 0.490. The first kappa shape index (κ1) is 20.4. The number of hydrogen-bond donors (Lipinski definition) is 1. The molecule has 0 radical (unpaired) electrons. The Morgan fingerprint density at radius 3 is 2.68 bits per heavy atom. The molecule has 0 spiro atoms. The smallest absolute Gasteiger partial charge is 0.280 e. The minimum atomic E-state index is -0.452. The SMILES string of the molecule is CCC#Cc1ccc(-c2csc(NC(=O)c3nn(C)nc3-c3ccc(F)cc3)n2)nc1. The number of hydrogen-bond acceptors (Lipinski definition) is 6. The van der Waals surface area contributed by atoms with E-state index in [1.165, 1.54) is 28.3 Å². The minimum absolute atomic E-state index is 0.128. The van der Waals surface area contributed by atoms with Gasteiger partial charge in [0.1, 0.15) is 17.2 Å². The number of halogens is 1. The van der Waals surface area contributed by atoms with Gasteiger partial charge in [-0.05, 0) is 36.4 Å². The van der Waals surface area contributed by atoms with Crippen molar-refractivity contribution in [1.82, 2.24) is 25.0 Å². The van der Waals surface area contributed by atoms with Crippen molar-refractivity contribution in [3.63, 3.8) is 0 Å². The number of anilines is 1.